The van der Waals surface area contributed by atoms with E-state index in [1.54, 1.807) is 16.7 Å². The smallest absolute Gasteiger partial charge is 0.198 e. The summed E-state index contributed by atoms with van der Waals surface area (Å²) < 4.78 is 2.41. The molecule has 1 heterocycles. The standard InChI is InChI=1S/C24H26N/c1-14-8-6-11-19-20(14)23-21-17(12-15(2)25(23)5)13-16-9-7-10-18(16)22(21)24(19,3)4/h6,8,11-13H,7,9-10H2,1-5H3/q+1. The molecule has 2 aliphatic carbocycles. The quantitative estimate of drug-likeness (QED) is 0.507. The van der Waals surface area contributed by atoms with E-state index in [0.29, 0.717) is 0 Å². The molecule has 1 nitrogen and oxygen atoms in total. The van der Waals surface area contributed by atoms with E-state index >= 15 is 0 Å². The minimum Gasteiger partial charge on any atom is -0.198 e. The molecule has 5 rings (SSSR count). The molecule has 2 aliphatic rings. The molecule has 1 aromatic heterocycles. The number of fused-ring (bicyclic) bond motifs is 4. The van der Waals surface area contributed by atoms with Gasteiger partial charge < -0.3 is 0 Å². The maximum absolute atomic E-state index is 2.48. The second-order valence-corrected chi connectivity index (χ2v) is 8.52. The van der Waals surface area contributed by atoms with Crippen molar-refractivity contribution in [3.05, 3.63) is 63.8 Å². The summed E-state index contributed by atoms with van der Waals surface area (Å²) in [6.45, 7) is 9.37. The maximum Gasteiger partial charge on any atom is 0.221 e. The Morgan fingerprint density at radius 3 is 2.64 bits per heavy atom. The molecule has 0 unspecified atom stereocenters. The second-order valence-electron chi connectivity index (χ2n) is 8.52. The average molecular weight is 328 g/mol. The predicted octanol–water partition coefficient (Wildman–Crippen LogP) is 5.08. The molecule has 3 aromatic rings. The van der Waals surface area contributed by atoms with E-state index < -0.39 is 0 Å². The predicted molar refractivity (Wildman–Crippen MR) is 104 cm³/mol. The van der Waals surface area contributed by atoms with Gasteiger partial charge in [0.15, 0.2) is 5.69 Å². The van der Waals surface area contributed by atoms with Crippen molar-refractivity contribution in [3.63, 3.8) is 0 Å². The van der Waals surface area contributed by atoms with Crippen molar-refractivity contribution in [1.82, 2.24) is 0 Å². The molecule has 1 heteroatoms. The number of pyridine rings is 1. The first-order valence-electron chi connectivity index (χ1n) is 9.50. The van der Waals surface area contributed by atoms with Crippen LogP contribution >= 0.6 is 0 Å². The minimum absolute atomic E-state index is 0.0601. The van der Waals surface area contributed by atoms with Gasteiger partial charge in [-0.3, -0.25) is 0 Å². The SMILES string of the molecule is Cc1cccc2c1-c1c3c(c4c(cc3cc(C)[n+]1C)CCC4)C2(C)C. The topological polar surface area (TPSA) is 3.88 Å². The molecule has 0 saturated carbocycles. The lowest BCUT2D eigenvalue weighted by Crippen LogP contribution is -2.39. The van der Waals surface area contributed by atoms with Gasteiger partial charge in [-0.2, -0.15) is 4.57 Å². The number of rotatable bonds is 0. The first-order chi connectivity index (χ1) is 11.9. The molecule has 0 fully saturated rings. The highest BCUT2D eigenvalue weighted by Crippen LogP contribution is 2.51. The monoisotopic (exact) mass is 328 g/mol. The van der Waals surface area contributed by atoms with Gasteiger partial charge in [0.25, 0.3) is 0 Å². The second kappa shape index (κ2) is 4.72. The Labute approximate surface area is 150 Å². The summed E-state index contributed by atoms with van der Waals surface area (Å²) in [5, 5.41) is 2.93. The fraction of sp³-hybridized carbons (Fsp3) is 0.375. The lowest BCUT2D eigenvalue weighted by molar-refractivity contribution is -0.665. The van der Waals surface area contributed by atoms with Gasteiger partial charge in [-0.25, -0.2) is 0 Å². The van der Waals surface area contributed by atoms with E-state index in [1.165, 1.54) is 58.1 Å². The zero-order valence-electron chi connectivity index (χ0n) is 16.0. The van der Waals surface area contributed by atoms with Crippen molar-refractivity contribution >= 4 is 10.8 Å². The summed E-state index contributed by atoms with van der Waals surface area (Å²) in [7, 11) is 2.23. The van der Waals surface area contributed by atoms with Crippen molar-refractivity contribution in [2.75, 3.05) is 0 Å². The number of aryl methyl sites for hydroxylation is 3. The van der Waals surface area contributed by atoms with Gasteiger partial charge in [0, 0.05) is 18.4 Å². The van der Waals surface area contributed by atoms with E-state index in [2.05, 4.69) is 69.6 Å². The Morgan fingerprint density at radius 2 is 1.84 bits per heavy atom. The Morgan fingerprint density at radius 1 is 1.04 bits per heavy atom. The van der Waals surface area contributed by atoms with Crippen LogP contribution in [0.5, 0.6) is 0 Å². The van der Waals surface area contributed by atoms with Gasteiger partial charge in [0.2, 0.25) is 5.69 Å². The summed E-state index contributed by atoms with van der Waals surface area (Å²) in [6.07, 6.45) is 3.78. The highest BCUT2D eigenvalue weighted by Gasteiger charge is 2.41. The summed E-state index contributed by atoms with van der Waals surface area (Å²) in [5.74, 6) is 0. The van der Waals surface area contributed by atoms with Crippen LogP contribution in [0.15, 0.2) is 30.3 Å². The maximum atomic E-state index is 2.48. The van der Waals surface area contributed by atoms with Crippen LogP contribution in [-0.4, -0.2) is 0 Å². The third-order valence-electron chi connectivity index (χ3n) is 6.70. The molecule has 25 heavy (non-hydrogen) atoms. The normalized spacial score (nSPS) is 16.8. The molecule has 0 amide bonds. The van der Waals surface area contributed by atoms with Crippen molar-refractivity contribution in [3.8, 4) is 11.3 Å². The molecule has 126 valence electrons. The number of nitrogens with zero attached hydrogens (tertiary/aromatic N) is 1. The third-order valence-corrected chi connectivity index (χ3v) is 6.70. The van der Waals surface area contributed by atoms with E-state index in [-0.39, 0.29) is 5.41 Å². The number of benzene rings is 2. The third kappa shape index (κ3) is 1.76. The van der Waals surface area contributed by atoms with Crippen LogP contribution in [0.25, 0.3) is 22.0 Å². The molecule has 0 saturated heterocycles. The summed E-state index contributed by atoms with van der Waals surface area (Å²) >= 11 is 0. The molecule has 0 bridgehead atoms. The zero-order chi connectivity index (χ0) is 17.5. The largest absolute Gasteiger partial charge is 0.221 e. The van der Waals surface area contributed by atoms with Crippen molar-refractivity contribution in [1.29, 1.82) is 0 Å². The van der Waals surface area contributed by atoms with Crippen LogP contribution in [0.1, 0.15) is 53.8 Å². The molecule has 0 radical (unpaired) electrons. The van der Waals surface area contributed by atoms with Crippen LogP contribution in [-0.2, 0) is 25.3 Å². The Kier molecular flexibility index (Phi) is 2.86. The molecule has 0 N–H and O–H groups in total. The fourth-order valence-electron chi connectivity index (χ4n) is 5.42. The minimum atomic E-state index is 0.0601. The van der Waals surface area contributed by atoms with Crippen LogP contribution in [0.2, 0.25) is 0 Å². The molecule has 0 spiro atoms. The molecular formula is C24H26N+. The lowest BCUT2D eigenvalue weighted by atomic mass is 9.66. The van der Waals surface area contributed by atoms with Crippen molar-refractivity contribution in [2.24, 2.45) is 7.05 Å². The van der Waals surface area contributed by atoms with E-state index in [9.17, 15) is 0 Å². The van der Waals surface area contributed by atoms with Crippen LogP contribution in [0.3, 0.4) is 0 Å². The summed E-state index contributed by atoms with van der Waals surface area (Å²) in [4.78, 5) is 0. The van der Waals surface area contributed by atoms with Gasteiger partial charge in [-0.05, 0) is 59.4 Å². The van der Waals surface area contributed by atoms with Gasteiger partial charge in [-0.15, -0.1) is 0 Å². The van der Waals surface area contributed by atoms with E-state index in [1.807, 2.05) is 0 Å². The van der Waals surface area contributed by atoms with Crippen LogP contribution < -0.4 is 4.57 Å². The molecule has 2 aromatic carbocycles. The molecule has 0 atom stereocenters. The van der Waals surface area contributed by atoms with E-state index in [0.717, 1.165) is 0 Å². The highest BCUT2D eigenvalue weighted by molar-refractivity contribution is 6.02. The Hall–Kier alpha value is -2.15. The van der Waals surface area contributed by atoms with Crippen LogP contribution in [0, 0.1) is 13.8 Å². The van der Waals surface area contributed by atoms with Gasteiger partial charge in [0.1, 0.15) is 7.05 Å². The number of aromatic nitrogens is 1. The Balaban J connectivity index is 2.11. The average Bonchev–Trinajstić information content (AvgIpc) is 3.02. The molecular weight excluding hydrogens is 302 g/mol. The summed E-state index contributed by atoms with van der Waals surface area (Å²) in [5.41, 5.74) is 12.0. The van der Waals surface area contributed by atoms with Crippen molar-refractivity contribution < 1.29 is 4.57 Å². The van der Waals surface area contributed by atoms with Crippen molar-refractivity contribution in [2.45, 2.75) is 52.4 Å². The Bertz CT molecular complexity index is 1070. The molecule has 0 aliphatic heterocycles. The van der Waals surface area contributed by atoms with Gasteiger partial charge in [-0.1, -0.05) is 38.1 Å². The summed E-state index contributed by atoms with van der Waals surface area (Å²) in [6, 6.07) is 11.7. The first kappa shape index (κ1) is 15.1. The number of hydrogen-bond donors (Lipinski definition) is 0. The first-order valence-corrected chi connectivity index (χ1v) is 9.50. The van der Waals surface area contributed by atoms with Gasteiger partial charge in [0.05, 0.1) is 10.9 Å². The highest BCUT2D eigenvalue weighted by atomic mass is 14.9. The lowest BCUT2D eigenvalue weighted by Gasteiger charge is -2.36. The zero-order valence-corrected chi connectivity index (χ0v) is 16.0. The van der Waals surface area contributed by atoms with Crippen LogP contribution in [0.4, 0.5) is 0 Å². The van der Waals surface area contributed by atoms with Gasteiger partial charge >= 0.3 is 0 Å². The van der Waals surface area contributed by atoms with E-state index in [4.69, 9.17) is 0 Å². The number of hydrogen-bond acceptors (Lipinski definition) is 0. The fourth-order valence-corrected chi connectivity index (χ4v) is 5.42.